The number of benzene rings is 1. The van der Waals surface area contributed by atoms with E-state index in [1.807, 2.05) is 24.3 Å². The Kier molecular flexibility index (Phi) is 6.72. The third-order valence-electron chi connectivity index (χ3n) is 2.91. The van der Waals surface area contributed by atoms with E-state index in [0.29, 0.717) is 18.9 Å². The lowest BCUT2D eigenvalue weighted by molar-refractivity contribution is -0.141. The first-order valence-electron chi connectivity index (χ1n) is 7.16. The summed E-state index contributed by atoms with van der Waals surface area (Å²) in [4.78, 5) is 22.6. The van der Waals surface area contributed by atoms with E-state index in [0.717, 1.165) is 11.3 Å². The van der Waals surface area contributed by atoms with Gasteiger partial charge in [0, 0.05) is 0 Å². The summed E-state index contributed by atoms with van der Waals surface area (Å²) in [5, 5.41) is 11.4. The number of carbonyl (C=O) groups is 2. The average molecular weight is 293 g/mol. The molecule has 21 heavy (non-hydrogen) atoms. The van der Waals surface area contributed by atoms with Gasteiger partial charge in [-0.3, -0.25) is 4.79 Å². The van der Waals surface area contributed by atoms with Crippen LogP contribution in [-0.2, 0) is 16.0 Å². The minimum atomic E-state index is -1.01. The van der Waals surface area contributed by atoms with Crippen LogP contribution in [0.2, 0.25) is 0 Å². The molecule has 2 N–H and O–H groups in total. The molecule has 0 bridgehead atoms. The van der Waals surface area contributed by atoms with Crippen LogP contribution in [0.15, 0.2) is 24.3 Å². The molecule has 1 amide bonds. The molecule has 0 saturated carbocycles. The van der Waals surface area contributed by atoms with Crippen molar-refractivity contribution in [1.29, 1.82) is 0 Å². The van der Waals surface area contributed by atoms with Gasteiger partial charge in [0.1, 0.15) is 11.8 Å². The van der Waals surface area contributed by atoms with Crippen LogP contribution < -0.4 is 10.1 Å². The highest BCUT2D eigenvalue weighted by molar-refractivity contribution is 5.84. The van der Waals surface area contributed by atoms with Crippen LogP contribution in [0.3, 0.4) is 0 Å². The molecule has 5 nitrogen and oxygen atoms in total. The molecular weight excluding hydrogens is 270 g/mol. The zero-order valence-electron chi connectivity index (χ0n) is 12.8. The average Bonchev–Trinajstić information content (AvgIpc) is 2.43. The van der Waals surface area contributed by atoms with Crippen molar-refractivity contribution in [2.75, 3.05) is 6.61 Å². The standard InChI is InChI=1S/C16H23NO4/c1-4-14(16(19)20)17-15(18)9-12-5-7-13(8-6-12)21-10-11(2)3/h5-8,11,14H,4,9-10H2,1-3H3,(H,17,18)(H,19,20). The molecule has 1 aromatic rings. The summed E-state index contributed by atoms with van der Waals surface area (Å²) in [5.41, 5.74) is 0.824. The number of nitrogens with one attached hydrogen (secondary N) is 1. The van der Waals surface area contributed by atoms with E-state index in [2.05, 4.69) is 19.2 Å². The molecular formula is C16H23NO4. The monoisotopic (exact) mass is 293 g/mol. The van der Waals surface area contributed by atoms with E-state index in [-0.39, 0.29) is 12.3 Å². The topological polar surface area (TPSA) is 75.6 Å². The number of carboxylic acid groups (broad SMARTS) is 1. The molecule has 1 rings (SSSR count). The van der Waals surface area contributed by atoms with E-state index >= 15 is 0 Å². The number of carboxylic acids is 1. The van der Waals surface area contributed by atoms with Crippen LogP contribution in [0.5, 0.6) is 5.75 Å². The number of rotatable bonds is 8. The van der Waals surface area contributed by atoms with Crippen LogP contribution in [-0.4, -0.2) is 29.6 Å². The maximum Gasteiger partial charge on any atom is 0.326 e. The summed E-state index contributed by atoms with van der Waals surface area (Å²) in [6.07, 6.45) is 0.525. The molecule has 116 valence electrons. The zero-order chi connectivity index (χ0) is 15.8. The van der Waals surface area contributed by atoms with Gasteiger partial charge in [0.05, 0.1) is 13.0 Å². The fraction of sp³-hybridized carbons (Fsp3) is 0.500. The molecule has 0 fully saturated rings. The maximum absolute atomic E-state index is 11.8. The molecule has 0 aromatic heterocycles. The van der Waals surface area contributed by atoms with Gasteiger partial charge in [-0.1, -0.05) is 32.9 Å². The number of hydrogen-bond donors (Lipinski definition) is 2. The zero-order valence-corrected chi connectivity index (χ0v) is 12.8. The third kappa shape index (κ3) is 6.29. The lowest BCUT2D eigenvalue weighted by atomic mass is 10.1. The van der Waals surface area contributed by atoms with Gasteiger partial charge >= 0.3 is 5.97 Å². The predicted octanol–water partition coefficient (Wildman–Crippen LogP) is 2.24. The molecule has 0 spiro atoms. The van der Waals surface area contributed by atoms with Crippen molar-refractivity contribution in [1.82, 2.24) is 5.32 Å². The van der Waals surface area contributed by atoms with Gasteiger partial charge in [0.2, 0.25) is 5.91 Å². The minimum Gasteiger partial charge on any atom is -0.493 e. The molecule has 0 aliphatic rings. The number of amides is 1. The third-order valence-corrected chi connectivity index (χ3v) is 2.91. The van der Waals surface area contributed by atoms with Crippen molar-refractivity contribution in [3.8, 4) is 5.75 Å². The Morgan fingerprint density at radius 2 is 1.86 bits per heavy atom. The SMILES string of the molecule is CCC(NC(=O)Cc1ccc(OCC(C)C)cc1)C(=O)O. The molecule has 0 heterocycles. The van der Waals surface area contributed by atoms with Crippen LogP contribution in [0.4, 0.5) is 0 Å². The van der Waals surface area contributed by atoms with Crippen LogP contribution >= 0.6 is 0 Å². The van der Waals surface area contributed by atoms with Gasteiger partial charge in [-0.2, -0.15) is 0 Å². The molecule has 1 unspecified atom stereocenters. The summed E-state index contributed by atoms with van der Waals surface area (Å²) in [6.45, 7) is 6.52. The largest absolute Gasteiger partial charge is 0.493 e. The van der Waals surface area contributed by atoms with Gasteiger partial charge in [-0.15, -0.1) is 0 Å². The van der Waals surface area contributed by atoms with E-state index < -0.39 is 12.0 Å². The Balaban J connectivity index is 2.51. The molecule has 0 aliphatic carbocycles. The predicted molar refractivity (Wildman–Crippen MR) is 80.3 cm³/mol. The van der Waals surface area contributed by atoms with Gasteiger partial charge < -0.3 is 15.2 Å². The molecule has 0 aliphatic heterocycles. The van der Waals surface area contributed by atoms with E-state index in [9.17, 15) is 9.59 Å². The van der Waals surface area contributed by atoms with E-state index in [4.69, 9.17) is 9.84 Å². The van der Waals surface area contributed by atoms with Gasteiger partial charge in [0.15, 0.2) is 0 Å². The number of aliphatic carboxylic acids is 1. The first-order valence-corrected chi connectivity index (χ1v) is 7.16. The normalized spacial score (nSPS) is 12.0. The lowest BCUT2D eigenvalue weighted by Crippen LogP contribution is -2.40. The van der Waals surface area contributed by atoms with Crippen LogP contribution in [0.1, 0.15) is 32.8 Å². The number of carbonyl (C=O) groups excluding carboxylic acids is 1. The van der Waals surface area contributed by atoms with Crippen LogP contribution in [0, 0.1) is 5.92 Å². The Morgan fingerprint density at radius 3 is 2.33 bits per heavy atom. The summed E-state index contributed by atoms with van der Waals surface area (Å²) in [6, 6.07) is 6.44. The lowest BCUT2D eigenvalue weighted by Gasteiger charge is -2.12. The highest BCUT2D eigenvalue weighted by Gasteiger charge is 2.17. The van der Waals surface area contributed by atoms with Gasteiger partial charge in [-0.05, 0) is 30.0 Å². The molecule has 0 saturated heterocycles. The Bertz CT molecular complexity index is 468. The first kappa shape index (κ1) is 17.0. The van der Waals surface area contributed by atoms with E-state index in [1.54, 1.807) is 6.92 Å². The van der Waals surface area contributed by atoms with Crippen LogP contribution in [0.25, 0.3) is 0 Å². The highest BCUT2D eigenvalue weighted by Crippen LogP contribution is 2.13. The van der Waals surface area contributed by atoms with Crippen molar-refractivity contribution in [2.45, 2.75) is 39.7 Å². The molecule has 1 atom stereocenters. The minimum absolute atomic E-state index is 0.161. The summed E-state index contributed by atoms with van der Waals surface area (Å²) >= 11 is 0. The Labute approximate surface area is 125 Å². The maximum atomic E-state index is 11.8. The molecule has 1 aromatic carbocycles. The highest BCUT2D eigenvalue weighted by atomic mass is 16.5. The van der Waals surface area contributed by atoms with Crippen molar-refractivity contribution in [3.05, 3.63) is 29.8 Å². The fourth-order valence-corrected chi connectivity index (χ4v) is 1.74. The second-order valence-corrected chi connectivity index (χ2v) is 5.39. The fourth-order valence-electron chi connectivity index (χ4n) is 1.74. The summed E-state index contributed by atoms with van der Waals surface area (Å²) in [7, 11) is 0. The van der Waals surface area contributed by atoms with Crippen molar-refractivity contribution >= 4 is 11.9 Å². The van der Waals surface area contributed by atoms with E-state index in [1.165, 1.54) is 0 Å². The quantitative estimate of drug-likeness (QED) is 0.770. The smallest absolute Gasteiger partial charge is 0.326 e. The second kappa shape index (κ2) is 8.29. The second-order valence-electron chi connectivity index (χ2n) is 5.39. The van der Waals surface area contributed by atoms with Crippen molar-refractivity contribution < 1.29 is 19.4 Å². The van der Waals surface area contributed by atoms with Crippen molar-refractivity contribution in [3.63, 3.8) is 0 Å². The number of hydrogen-bond acceptors (Lipinski definition) is 3. The Morgan fingerprint density at radius 1 is 1.24 bits per heavy atom. The molecule has 0 radical (unpaired) electrons. The summed E-state index contributed by atoms with van der Waals surface area (Å²) < 4.78 is 5.56. The Hall–Kier alpha value is -2.04. The summed E-state index contributed by atoms with van der Waals surface area (Å²) in [5.74, 6) is -0.0781. The number of ether oxygens (including phenoxy) is 1. The molecule has 5 heteroatoms. The van der Waals surface area contributed by atoms with Gasteiger partial charge in [-0.25, -0.2) is 4.79 Å². The van der Waals surface area contributed by atoms with Gasteiger partial charge in [0.25, 0.3) is 0 Å². The van der Waals surface area contributed by atoms with Crippen molar-refractivity contribution in [2.24, 2.45) is 5.92 Å². The first-order chi connectivity index (χ1) is 9.92.